The number of para-hydroxylation sites is 1. The van der Waals surface area contributed by atoms with E-state index in [2.05, 4.69) is 0 Å². The molecule has 0 spiro atoms. The molecule has 0 atom stereocenters. The molecule has 2 rings (SSSR count). The van der Waals surface area contributed by atoms with E-state index in [1.54, 1.807) is 0 Å². The molecular weight excluding hydrogens is 328 g/mol. The molecular formula is C14H7Cl2F3O2. The topological polar surface area (TPSA) is 26.3 Å². The fourth-order valence-electron chi connectivity index (χ4n) is 1.64. The first-order valence-corrected chi connectivity index (χ1v) is 6.38. The zero-order valence-corrected chi connectivity index (χ0v) is 11.8. The Morgan fingerprint density at radius 2 is 1.76 bits per heavy atom. The summed E-state index contributed by atoms with van der Waals surface area (Å²) in [6.45, 7) is 0. The second-order valence-electron chi connectivity index (χ2n) is 4.01. The average Bonchev–Trinajstić information content (AvgIpc) is 2.37. The third-order valence-electron chi connectivity index (χ3n) is 2.57. The highest BCUT2D eigenvalue weighted by Gasteiger charge is 2.34. The summed E-state index contributed by atoms with van der Waals surface area (Å²) in [6.07, 6.45) is -4.54. The van der Waals surface area contributed by atoms with Gasteiger partial charge in [-0.05, 0) is 35.9 Å². The largest absolute Gasteiger partial charge is 0.457 e. The van der Waals surface area contributed by atoms with Gasteiger partial charge in [0.05, 0.1) is 16.1 Å². The van der Waals surface area contributed by atoms with Crippen LogP contribution in [0.2, 0.25) is 5.02 Å². The molecule has 0 aliphatic rings. The fraction of sp³-hybridized carbons (Fsp3) is 0.0714. The minimum Gasteiger partial charge on any atom is -0.457 e. The smallest absolute Gasteiger partial charge is 0.419 e. The molecule has 0 saturated carbocycles. The Morgan fingerprint density at radius 1 is 1.10 bits per heavy atom. The number of ether oxygens (including phenoxy) is 1. The molecule has 0 fully saturated rings. The van der Waals surface area contributed by atoms with Crippen LogP contribution in [-0.4, -0.2) is 5.24 Å². The van der Waals surface area contributed by atoms with Crippen molar-refractivity contribution in [1.82, 2.24) is 0 Å². The summed E-state index contributed by atoms with van der Waals surface area (Å²) >= 11 is 11.1. The van der Waals surface area contributed by atoms with E-state index >= 15 is 0 Å². The molecule has 0 heterocycles. The molecule has 0 N–H and O–H groups in total. The molecule has 7 heteroatoms. The monoisotopic (exact) mass is 334 g/mol. The summed E-state index contributed by atoms with van der Waals surface area (Å²) in [5.74, 6) is -0.288. The predicted molar refractivity (Wildman–Crippen MR) is 73.2 cm³/mol. The molecule has 0 amide bonds. The second-order valence-corrected chi connectivity index (χ2v) is 4.76. The first-order valence-electron chi connectivity index (χ1n) is 5.62. The Labute approximate surface area is 128 Å². The van der Waals surface area contributed by atoms with Crippen LogP contribution in [-0.2, 0) is 6.18 Å². The lowest BCUT2D eigenvalue weighted by molar-refractivity contribution is -0.138. The van der Waals surface area contributed by atoms with Crippen molar-refractivity contribution in [2.24, 2.45) is 0 Å². The number of alkyl halides is 3. The first kappa shape index (κ1) is 15.7. The van der Waals surface area contributed by atoms with Crippen LogP contribution in [0.3, 0.4) is 0 Å². The van der Waals surface area contributed by atoms with Gasteiger partial charge in [-0.3, -0.25) is 4.79 Å². The highest BCUT2D eigenvalue weighted by atomic mass is 35.5. The lowest BCUT2D eigenvalue weighted by atomic mass is 10.2. The number of carbonyl (C=O) groups excluding carboxylic acids is 1. The van der Waals surface area contributed by atoms with Gasteiger partial charge >= 0.3 is 6.18 Å². The van der Waals surface area contributed by atoms with Gasteiger partial charge in [-0.1, -0.05) is 23.7 Å². The predicted octanol–water partition coefficient (Wildman–Crippen LogP) is 5.53. The minimum atomic E-state index is -4.54. The minimum absolute atomic E-state index is 0.00279. The van der Waals surface area contributed by atoms with Crippen LogP contribution in [0.5, 0.6) is 11.5 Å². The van der Waals surface area contributed by atoms with E-state index in [4.69, 9.17) is 27.9 Å². The molecule has 2 aromatic carbocycles. The zero-order chi connectivity index (χ0) is 15.6. The first-order chi connectivity index (χ1) is 9.79. The summed E-state index contributed by atoms with van der Waals surface area (Å²) in [5.41, 5.74) is -0.853. The van der Waals surface area contributed by atoms with E-state index in [1.165, 1.54) is 36.4 Å². The molecule has 21 heavy (non-hydrogen) atoms. The van der Waals surface area contributed by atoms with Crippen molar-refractivity contribution < 1.29 is 22.7 Å². The normalized spacial score (nSPS) is 11.3. The van der Waals surface area contributed by atoms with Crippen LogP contribution in [0.1, 0.15) is 15.9 Å². The Hall–Kier alpha value is -1.72. The van der Waals surface area contributed by atoms with Gasteiger partial charge in [0.15, 0.2) is 0 Å². The van der Waals surface area contributed by atoms with E-state index < -0.39 is 17.0 Å². The summed E-state index contributed by atoms with van der Waals surface area (Å²) in [5, 5.41) is -0.765. The van der Waals surface area contributed by atoms with E-state index in [1.807, 2.05) is 0 Å². The van der Waals surface area contributed by atoms with Gasteiger partial charge in [0.2, 0.25) is 0 Å². The van der Waals surface area contributed by atoms with Gasteiger partial charge in [-0.2, -0.15) is 13.2 Å². The number of hydrogen-bond donors (Lipinski definition) is 0. The summed E-state index contributed by atoms with van der Waals surface area (Å²) in [4.78, 5) is 11.0. The van der Waals surface area contributed by atoms with Crippen LogP contribution in [0.4, 0.5) is 13.2 Å². The third-order valence-corrected chi connectivity index (χ3v) is 3.09. The summed E-state index contributed by atoms with van der Waals surface area (Å²) in [7, 11) is 0. The van der Waals surface area contributed by atoms with Gasteiger partial charge in [0, 0.05) is 6.07 Å². The van der Waals surface area contributed by atoms with Crippen molar-refractivity contribution in [3.05, 3.63) is 58.6 Å². The van der Waals surface area contributed by atoms with Crippen LogP contribution in [0.25, 0.3) is 0 Å². The number of rotatable bonds is 3. The van der Waals surface area contributed by atoms with Crippen molar-refractivity contribution in [3.63, 3.8) is 0 Å². The Kier molecular flexibility index (Phi) is 4.44. The lowest BCUT2D eigenvalue weighted by Crippen LogP contribution is -2.06. The standard InChI is InChI=1S/C14H7Cl2F3O2/c15-11-7-8(5-6-9(11)13(16)20)21-12-4-2-1-3-10(12)14(17,18)19/h1-7H. The molecule has 0 bridgehead atoms. The SMILES string of the molecule is O=C(Cl)c1ccc(Oc2ccccc2C(F)(F)F)cc1Cl. The van der Waals surface area contributed by atoms with Crippen molar-refractivity contribution in [2.45, 2.75) is 6.18 Å². The van der Waals surface area contributed by atoms with Crippen molar-refractivity contribution >= 4 is 28.4 Å². The fourth-order valence-corrected chi connectivity index (χ4v) is 2.11. The molecule has 0 unspecified atom stereocenters. The number of carbonyl (C=O) groups is 1. The van der Waals surface area contributed by atoms with Crippen LogP contribution >= 0.6 is 23.2 Å². The van der Waals surface area contributed by atoms with Crippen LogP contribution < -0.4 is 4.74 Å². The van der Waals surface area contributed by atoms with Gasteiger partial charge in [-0.15, -0.1) is 0 Å². The third kappa shape index (κ3) is 3.68. The summed E-state index contributed by atoms with van der Waals surface area (Å²) in [6, 6.07) is 8.61. The van der Waals surface area contributed by atoms with Crippen molar-refractivity contribution in [1.29, 1.82) is 0 Å². The number of halogens is 5. The molecule has 2 nitrogen and oxygen atoms in total. The summed E-state index contributed by atoms with van der Waals surface area (Å²) < 4.78 is 43.7. The molecule has 0 saturated heterocycles. The van der Waals surface area contributed by atoms with Gasteiger partial charge in [0.1, 0.15) is 11.5 Å². The molecule has 2 aromatic rings. The molecule has 0 aromatic heterocycles. The average molecular weight is 335 g/mol. The highest BCUT2D eigenvalue weighted by Crippen LogP contribution is 2.38. The van der Waals surface area contributed by atoms with Crippen molar-refractivity contribution in [3.8, 4) is 11.5 Å². The Balaban J connectivity index is 2.35. The van der Waals surface area contributed by atoms with Crippen LogP contribution in [0.15, 0.2) is 42.5 Å². The second kappa shape index (κ2) is 5.95. The van der Waals surface area contributed by atoms with E-state index in [0.717, 1.165) is 6.07 Å². The Morgan fingerprint density at radius 3 is 2.33 bits per heavy atom. The van der Waals surface area contributed by atoms with Gasteiger partial charge in [-0.25, -0.2) is 0 Å². The highest BCUT2D eigenvalue weighted by molar-refractivity contribution is 6.68. The zero-order valence-electron chi connectivity index (χ0n) is 10.2. The molecule has 110 valence electrons. The maximum atomic E-state index is 12.8. The lowest BCUT2D eigenvalue weighted by Gasteiger charge is -2.13. The molecule has 0 radical (unpaired) electrons. The molecule has 0 aliphatic carbocycles. The van der Waals surface area contributed by atoms with Crippen molar-refractivity contribution in [2.75, 3.05) is 0 Å². The van der Waals surface area contributed by atoms with Gasteiger partial charge < -0.3 is 4.74 Å². The van der Waals surface area contributed by atoms with E-state index in [0.29, 0.717) is 0 Å². The maximum Gasteiger partial charge on any atom is 0.419 e. The molecule has 0 aliphatic heterocycles. The maximum absolute atomic E-state index is 12.8. The quantitative estimate of drug-likeness (QED) is 0.690. The number of hydrogen-bond acceptors (Lipinski definition) is 2. The van der Waals surface area contributed by atoms with Gasteiger partial charge in [0.25, 0.3) is 5.24 Å². The number of benzene rings is 2. The van der Waals surface area contributed by atoms with Crippen LogP contribution in [0, 0.1) is 0 Å². The van der Waals surface area contributed by atoms with E-state index in [-0.39, 0.29) is 22.1 Å². The van der Waals surface area contributed by atoms with E-state index in [9.17, 15) is 18.0 Å². The Bertz CT molecular complexity index is 684.